The van der Waals surface area contributed by atoms with Gasteiger partial charge in [-0.25, -0.2) is 0 Å². The molecule has 1 aromatic heterocycles. The molecule has 1 heterocycles. The highest BCUT2D eigenvalue weighted by atomic mass is 16.3. The molecule has 0 saturated heterocycles. The third kappa shape index (κ3) is 3.85. The summed E-state index contributed by atoms with van der Waals surface area (Å²) in [6, 6.07) is 13.5. The van der Waals surface area contributed by atoms with Gasteiger partial charge in [-0.1, -0.05) is 30.3 Å². The largest absolute Gasteiger partial charge is 0.464 e. The van der Waals surface area contributed by atoms with Crippen LogP contribution < -0.4 is 0 Å². The van der Waals surface area contributed by atoms with Crippen LogP contribution in [0.15, 0.2) is 53.0 Å². The second kappa shape index (κ2) is 6.05. The van der Waals surface area contributed by atoms with Crippen LogP contribution in [0.1, 0.15) is 17.1 Å². The lowest BCUT2D eigenvalue weighted by Gasteiger charge is -2.12. The van der Waals surface area contributed by atoms with Crippen molar-refractivity contribution in [1.29, 1.82) is 0 Å². The number of amides is 1. The highest BCUT2D eigenvalue weighted by Gasteiger charge is 2.07. The summed E-state index contributed by atoms with van der Waals surface area (Å²) in [5.74, 6) is 1.61. The molecule has 3 heteroatoms. The Kier molecular flexibility index (Phi) is 4.18. The quantitative estimate of drug-likeness (QED) is 0.786. The van der Waals surface area contributed by atoms with Gasteiger partial charge in [-0.15, -0.1) is 0 Å². The van der Waals surface area contributed by atoms with Crippen LogP contribution in [0.5, 0.6) is 0 Å². The fourth-order valence-electron chi connectivity index (χ4n) is 1.74. The molecule has 0 fully saturated rings. The Bertz CT molecular complexity index is 569. The number of hydrogen-bond acceptors (Lipinski definition) is 2. The summed E-state index contributed by atoms with van der Waals surface area (Å²) in [7, 11) is 1.76. The first-order valence-corrected chi connectivity index (χ1v) is 6.19. The van der Waals surface area contributed by atoms with Gasteiger partial charge in [-0.2, -0.15) is 0 Å². The lowest BCUT2D eigenvalue weighted by molar-refractivity contribution is -0.125. The Labute approximate surface area is 113 Å². The highest BCUT2D eigenvalue weighted by Crippen LogP contribution is 2.09. The molecule has 0 aliphatic rings. The SMILES string of the molecule is Cc1ccc(CN(C)C(=O)/C=C/c2ccccc2)o1. The van der Waals surface area contributed by atoms with E-state index in [9.17, 15) is 4.79 Å². The van der Waals surface area contributed by atoms with E-state index in [1.165, 1.54) is 0 Å². The lowest BCUT2D eigenvalue weighted by atomic mass is 10.2. The van der Waals surface area contributed by atoms with E-state index in [2.05, 4.69) is 0 Å². The first-order valence-electron chi connectivity index (χ1n) is 6.19. The number of likely N-dealkylation sites (N-methyl/N-ethyl adjacent to an activating group) is 1. The molecule has 2 rings (SSSR count). The van der Waals surface area contributed by atoms with Crippen molar-refractivity contribution < 1.29 is 9.21 Å². The van der Waals surface area contributed by atoms with Crippen molar-refractivity contribution in [3.63, 3.8) is 0 Å². The normalized spacial score (nSPS) is 10.8. The molecule has 0 saturated carbocycles. The molecule has 0 radical (unpaired) electrons. The van der Waals surface area contributed by atoms with E-state index >= 15 is 0 Å². The number of aryl methyl sites for hydroxylation is 1. The molecule has 0 bridgehead atoms. The number of furan rings is 1. The van der Waals surface area contributed by atoms with Crippen molar-refractivity contribution in [2.24, 2.45) is 0 Å². The zero-order valence-corrected chi connectivity index (χ0v) is 11.2. The summed E-state index contributed by atoms with van der Waals surface area (Å²) in [4.78, 5) is 13.5. The average molecular weight is 255 g/mol. The van der Waals surface area contributed by atoms with E-state index < -0.39 is 0 Å². The Balaban J connectivity index is 1.94. The number of rotatable bonds is 4. The Hall–Kier alpha value is -2.29. The van der Waals surface area contributed by atoms with Crippen molar-refractivity contribution in [2.45, 2.75) is 13.5 Å². The van der Waals surface area contributed by atoms with E-state index in [1.807, 2.05) is 55.5 Å². The van der Waals surface area contributed by atoms with E-state index in [0.29, 0.717) is 6.54 Å². The number of nitrogens with zero attached hydrogens (tertiary/aromatic N) is 1. The van der Waals surface area contributed by atoms with Crippen molar-refractivity contribution >= 4 is 12.0 Å². The summed E-state index contributed by atoms with van der Waals surface area (Å²) >= 11 is 0. The van der Waals surface area contributed by atoms with E-state index in [-0.39, 0.29) is 5.91 Å². The topological polar surface area (TPSA) is 33.5 Å². The van der Waals surface area contributed by atoms with Crippen LogP contribution in [-0.2, 0) is 11.3 Å². The maximum atomic E-state index is 11.9. The number of benzene rings is 1. The third-order valence-corrected chi connectivity index (χ3v) is 2.78. The molecule has 3 nitrogen and oxygen atoms in total. The zero-order chi connectivity index (χ0) is 13.7. The molecule has 0 unspecified atom stereocenters. The summed E-state index contributed by atoms with van der Waals surface area (Å²) in [5.41, 5.74) is 1.01. The minimum Gasteiger partial charge on any atom is -0.464 e. The van der Waals surface area contributed by atoms with Crippen LogP contribution in [-0.4, -0.2) is 17.9 Å². The minimum absolute atomic E-state index is 0.0436. The van der Waals surface area contributed by atoms with Crippen LogP contribution in [0.4, 0.5) is 0 Å². The second-order valence-electron chi connectivity index (χ2n) is 4.45. The van der Waals surface area contributed by atoms with Crippen molar-refractivity contribution in [3.8, 4) is 0 Å². The van der Waals surface area contributed by atoms with Gasteiger partial charge >= 0.3 is 0 Å². The van der Waals surface area contributed by atoms with Gasteiger partial charge in [0.1, 0.15) is 11.5 Å². The molecule has 0 aliphatic carbocycles. The maximum absolute atomic E-state index is 11.9. The van der Waals surface area contributed by atoms with Gasteiger partial charge in [-0.3, -0.25) is 4.79 Å². The third-order valence-electron chi connectivity index (χ3n) is 2.78. The zero-order valence-electron chi connectivity index (χ0n) is 11.2. The average Bonchev–Trinajstić information content (AvgIpc) is 2.82. The predicted octanol–water partition coefficient (Wildman–Crippen LogP) is 3.26. The number of hydrogen-bond donors (Lipinski definition) is 0. The van der Waals surface area contributed by atoms with Gasteiger partial charge in [-0.05, 0) is 30.7 Å². The number of carbonyl (C=O) groups is 1. The molecule has 98 valence electrons. The fraction of sp³-hybridized carbons (Fsp3) is 0.188. The molecule has 1 amide bonds. The van der Waals surface area contributed by atoms with Crippen LogP contribution in [0.2, 0.25) is 0 Å². The number of carbonyl (C=O) groups excluding carboxylic acids is 1. The van der Waals surface area contributed by atoms with E-state index in [0.717, 1.165) is 17.1 Å². The molecule has 0 spiro atoms. The molecule has 19 heavy (non-hydrogen) atoms. The smallest absolute Gasteiger partial charge is 0.246 e. The Morgan fingerprint density at radius 3 is 2.58 bits per heavy atom. The van der Waals surface area contributed by atoms with Crippen molar-refractivity contribution in [1.82, 2.24) is 4.90 Å². The van der Waals surface area contributed by atoms with Crippen molar-refractivity contribution in [3.05, 3.63) is 65.6 Å². The lowest BCUT2D eigenvalue weighted by Crippen LogP contribution is -2.23. The molecule has 0 aliphatic heterocycles. The van der Waals surface area contributed by atoms with E-state index in [4.69, 9.17) is 4.42 Å². The van der Waals surface area contributed by atoms with Crippen LogP contribution in [0.3, 0.4) is 0 Å². The summed E-state index contributed by atoms with van der Waals surface area (Å²) in [5, 5.41) is 0. The summed E-state index contributed by atoms with van der Waals surface area (Å²) in [6.45, 7) is 2.37. The standard InChI is InChI=1S/C16H17NO2/c1-13-8-10-15(19-13)12-17(2)16(18)11-9-14-6-4-3-5-7-14/h3-11H,12H2,1-2H3/b11-9+. The molecular weight excluding hydrogens is 238 g/mol. The van der Waals surface area contributed by atoms with Crippen LogP contribution in [0.25, 0.3) is 6.08 Å². The second-order valence-corrected chi connectivity index (χ2v) is 4.45. The maximum Gasteiger partial charge on any atom is 0.246 e. The summed E-state index contributed by atoms with van der Waals surface area (Å²) in [6.07, 6.45) is 3.39. The monoisotopic (exact) mass is 255 g/mol. The molecule has 0 N–H and O–H groups in total. The minimum atomic E-state index is -0.0436. The fourth-order valence-corrected chi connectivity index (χ4v) is 1.74. The predicted molar refractivity (Wildman–Crippen MR) is 75.4 cm³/mol. The van der Waals surface area contributed by atoms with Crippen LogP contribution in [0, 0.1) is 6.92 Å². The Morgan fingerprint density at radius 1 is 1.21 bits per heavy atom. The van der Waals surface area contributed by atoms with Gasteiger partial charge in [0.05, 0.1) is 6.54 Å². The molecule has 2 aromatic rings. The summed E-state index contributed by atoms with van der Waals surface area (Å²) < 4.78 is 5.45. The van der Waals surface area contributed by atoms with Gasteiger partial charge < -0.3 is 9.32 Å². The molecular formula is C16H17NO2. The van der Waals surface area contributed by atoms with E-state index in [1.54, 1.807) is 18.0 Å². The first-order chi connectivity index (χ1) is 9.15. The van der Waals surface area contributed by atoms with Crippen LogP contribution >= 0.6 is 0 Å². The highest BCUT2D eigenvalue weighted by molar-refractivity contribution is 5.91. The first kappa shape index (κ1) is 13.1. The van der Waals surface area contributed by atoms with Gasteiger partial charge in [0.25, 0.3) is 0 Å². The molecule has 1 aromatic carbocycles. The van der Waals surface area contributed by atoms with Gasteiger partial charge in [0.2, 0.25) is 5.91 Å². The van der Waals surface area contributed by atoms with Gasteiger partial charge in [0.15, 0.2) is 0 Å². The Morgan fingerprint density at radius 2 is 1.95 bits per heavy atom. The molecule has 0 atom stereocenters. The van der Waals surface area contributed by atoms with Crippen molar-refractivity contribution in [2.75, 3.05) is 7.05 Å². The van der Waals surface area contributed by atoms with Gasteiger partial charge in [0, 0.05) is 13.1 Å².